The van der Waals surface area contributed by atoms with E-state index in [0.29, 0.717) is 0 Å². The predicted octanol–water partition coefficient (Wildman–Crippen LogP) is 3.70. The van der Waals surface area contributed by atoms with Gasteiger partial charge in [-0.25, -0.2) is 4.98 Å². The van der Waals surface area contributed by atoms with Crippen LogP contribution in [0.15, 0.2) is 35.2 Å². The Balaban J connectivity index is 1.33. The van der Waals surface area contributed by atoms with Crippen molar-refractivity contribution in [1.29, 1.82) is 0 Å². The van der Waals surface area contributed by atoms with Gasteiger partial charge in [0.25, 0.3) is 0 Å². The molecule has 0 radical (unpaired) electrons. The molecule has 0 saturated carbocycles. The van der Waals surface area contributed by atoms with Crippen LogP contribution in [0.3, 0.4) is 0 Å². The number of nitrogens with zero attached hydrogens (tertiary/aromatic N) is 2. The second kappa shape index (κ2) is 6.64. The van der Waals surface area contributed by atoms with Gasteiger partial charge in [-0.2, -0.15) is 11.3 Å². The van der Waals surface area contributed by atoms with Crippen LogP contribution in [0.5, 0.6) is 0 Å². The lowest BCUT2D eigenvalue weighted by atomic mass is 10.0. The lowest BCUT2D eigenvalue weighted by Crippen LogP contribution is -2.14. The molecule has 0 amide bonds. The Kier molecular flexibility index (Phi) is 4.22. The fourth-order valence-corrected chi connectivity index (χ4v) is 3.68. The van der Waals surface area contributed by atoms with Gasteiger partial charge in [-0.1, -0.05) is 6.07 Å². The molecule has 0 unspecified atom stereocenters. The molecular formula is C18H20N4S. The summed E-state index contributed by atoms with van der Waals surface area (Å²) in [6.45, 7) is 1.58. The van der Waals surface area contributed by atoms with Crippen LogP contribution in [0.4, 0.5) is 0 Å². The molecule has 0 spiro atoms. The number of hydrogen-bond donors (Lipinski definition) is 2. The normalized spacial score (nSPS) is 13.9. The SMILES string of the molecule is c1cc(-c2ccc(CNCc3nc4c([nH]3)CCCC4)cn2)cs1. The number of rotatable bonds is 5. The minimum Gasteiger partial charge on any atom is -0.345 e. The van der Waals surface area contributed by atoms with Gasteiger partial charge < -0.3 is 10.3 Å². The van der Waals surface area contributed by atoms with Crippen molar-refractivity contribution >= 4 is 11.3 Å². The second-order valence-electron chi connectivity index (χ2n) is 5.98. The topological polar surface area (TPSA) is 53.6 Å². The smallest absolute Gasteiger partial charge is 0.120 e. The number of aromatic nitrogens is 3. The summed E-state index contributed by atoms with van der Waals surface area (Å²) in [7, 11) is 0. The van der Waals surface area contributed by atoms with Crippen molar-refractivity contribution < 1.29 is 0 Å². The molecule has 0 bridgehead atoms. The van der Waals surface area contributed by atoms with Crippen LogP contribution in [0.2, 0.25) is 0 Å². The highest BCUT2D eigenvalue weighted by Gasteiger charge is 2.13. The fraction of sp³-hybridized carbons (Fsp3) is 0.333. The van der Waals surface area contributed by atoms with Crippen LogP contribution < -0.4 is 5.32 Å². The summed E-state index contributed by atoms with van der Waals surface area (Å²) in [5.41, 5.74) is 6.04. The average molecular weight is 324 g/mol. The number of imidazole rings is 1. The van der Waals surface area contributed by atoms with Crippen molar-refractivity contribution in [3.8, 4) is 11.3 Å². The monoisotopic (exact) mass is 324 g/mol. The molecule has 5 heteroatoms. The number of thiophene rings is 1. The van der Waals surface area contributed by atoms with Gasteiger partial charge in [0.1, 0.15) is 5.82 Å². The highest BCUT2D eigenvalue weighted by molar-refractivity contribution is 7.08. The van der Waals surface area contributed by atoms with Crippen LogP contribution in [0.1, 0.15) is 35.6 Å². The van der Waals surface area contributed by atoms with Gasteiger partial charge in [-0.05, 0) is 48.8 Å². The number of nitrogens with one attached hydrogen (secondary N) is 2. The first-order chi connectivity index (χ1) is 11.4. The first-order valence-electron chi connectivity index (χ1n) is 8.13. The third-order valence-electron chi connectivity index (χ3n) is 4.27. The van der Waals surface area contributed by atoms with E-state index < -0.39 is 0 Å². The molecule has 4 nitrogen and oxygen atoms in total. The zero-order valence-corrected chi connectivity index (χ0v) is 13.8. The van der Waals surface area contributed by atoms with E-state index in [1.54, 1.807) is 11.3 Å². The summed E-state index contributed by atoms with van der Waals surface area (Å²) in [6.07, 6.45) is 6.78. The molecule has 0 aliphatic heterocycles. The van der Waals surface area contributed by atoms with Gasteiger partial charge in [-0.15, -0.1) is 0 Å². The van der Waals surface area contributed by atoms with E-state index in [4.69, 9.17) is 4.98 Å². The second-order valence-corrected chi connectivity index (χ2v) is 6.76. The number of aromatic amines is 1. The van der Waals surface area contributed by atoms with Crippen molar-refractivity contribution in [2.24, 2.45) is 0 Å². The first-order valence-corrected chi connectivity index (χ1v) is 9.07. The van der Waals surface area contributed by atoms with Crippen LogP contribution in [-0.4, -0.2) is 15.0 Å². The minimum atomic E-state index is 0.777. The van der Waals surface area contributed by atoms with E-state index >= 15 is 0 Å². The maximum absolute atomic E-state index is 4.70. The highest BCUT2D eigenvalue weighted by Crippen LogP contribution is 2.20. The van der Waals surface area contributed by atoms with E-state index in [0.717, 1.165) is 37.4 Å². The van der Waals surface area contributed by atoms with Gasteiger partial charge in [0.05, 0.1) is 17.9 Å². The van der Waals surface area contributed by atoms with Gasteiger partial charge >= 0.3 is 0 Å². The molecular weight excluding hydrogens is 304 g/mol. The maximum Gasteiger partial charge on any atom is 0.120 e. The summed E-state index contributed by atoms with van der Waals surface area (Å²) in [5.74, 6) is 1.06. The number of aryl methyl sites for hydroxylation is 2. The molecule has 3 aromatic rings. The molecule has 118 valence electrons. The summed E-state index contributed by atoms with van der Waals surface area (Å²) < 4.78 is 0. The first kappa shape index (κ1) is 14.6. The molecule has 3 aromatic heterocycles. The number of pyridine rings is 1. The molecule has 2 N–H and O–H groups in total. The van der Waals surface area contributed by atoms with Crippen LogP contribution in [-0.2, 0) is 25.9 Å². The third-order valence-corrected chi connectivity index (χ3v) is 4.95. The van der Waals surface area contributed by atoms with E-state index in [1.165, 1.54) is 35.4 Å². The van der Waals surface area contributed by atoms with Crippen molar-refractivity contribution in [3.63, 3.8) is 0 Å². The van der Waals surface area contributed by atoms with Crippen LogP contribution in [0.25, 0.3) is 11.3 Å². The predicted molar refractivity (Wildman–Crippen MR) is 93.3 cm³/mol. The molecule has 1 aliphatic rings. The van der Waals surface area contributed by atoms with Crippen LogP contribution >= 0.6 is 11.3 Å². The van der Waals surface area contributed by atoms with E-state index in [-0.39, 0.29) is 0 Å². The molecule has 0 atom stereocenters. The highest BCUT2D eigenvalue weighted by atomic mass is 32.1. The van der Waals surface area contributed by atoms with Crippen molar-refractivity contribution in [3.05, 3.63) is 57.9 Å². The minimum absolute atomic E-state index is 0.777. The molecule has 4 rings (SSSR count). The Hall–Kier alpha value is -1.98. The number of H-pyrrole nitrogens is 1. The van der Waals surface area contributed by atoms with E-state index in [2.05, 4.69) is 44.2 Å². The molecule has 1 aliphatic carbocycles. The summed E-state index contributed by atoms with van der Waals surface area (Å²) in [6, 6.07) is 6.33. The number of fused-ring (bicyclic) bond motifs is 1. The maximum atomic E-state index is 4.70. The Morgan fingerprint density at radius 2 is 2.09 bits per heavy atom. The standard InChI is InChI=1S/C18H20N4S/c1-2-4-17-16(3-1)21-18(22-17)11-19-9-13-5-6-15(20-10-13)14-7-8-23-12-14/h5-8,10,12,19H,1-4,9,11H2,(H,21,22). The summed E-state index contributed by atoms with van der Waals surface area (Å²) in [5, 5.41) is 7.65. The van der Waals surface area contributed by atoms with E-state index in [1.807, 2.05) is 6.20 Å². The van der Waals surface area contributed by atoms with Gasteiger partial charge in [0.15, 0.2) is 0 Å². The Morgan fingerprint density at radius 3 is 2.87 bits per heavy atom. The molecule has 23 heavy (non-hydrogen) atoms. The van der Waals surface area contributed by atoms with Crippen molar-refractivity contribution in [2.75, 3.05) is 0 Å². The third kappa shape index (κ3) is 3.35. The van der Waals surface area contributed by atoms with Crippen molar-refractivity contribution in [1.82, 2.24) is 20.3 Å². The lowest BCUT2D eigenvalue weighted by Gasteiger charge is -2.07. The summed E-state index contributed by atoms with van der Waals surface area (Å²) >= 11 is 1.70. The van der Waals surface area contributed by atoms with E-state index in [9.17, 15) is 0 Å². The quantitative estimate of drug-likeness (QED) is 0.752. The Morgan fingerprint density at radius 1 is 1.13 bits per heavy atom. The zero-order valence-electron chi connectivity index (χ0n) is 13.0. The van der Waals surface area contributed by atoms with Crippen molar-refractivity contribution in [2.45, 2.75) is 38.8 Å². The average Bonchev–Trinajstić information content (AvgIpc) is 3.25. The molecule has 0 saturated heterocycles. The molecule has 0 aromatic carbocycles. The number of hydrogen-bond acceptors (Lipinski definition) is 4. The zero-order chi connectivity index (χ0) is 15.5. The van der Waals surface area contributed by atoms with Gasteiger partial charge in [-0.3, -0.25) is 4.98 Å². The van der Waals surface area contributed by atoms with Gasteiger partial charge in [0.2, 0.25) is 0 Å². The van der Waals surface area contributed by atoms with Gasteiger partial charge in [0, 0.05) is 29.4 Å². The Bertz CT molecular complexity index is 735. The Labute approximate surface area is 140 Å². The largest absolute Gasteiger partial charge is 0.345 e. The fourth-order valence-electron chi connectivity index (χ4n) is 3.03. The lowest BCUT2D eigenvalue weighted by molar-refractivity contribution is 0.665. The summed E-state index contributed by atoms with van der Waals surface area (Å²) in [4.78, 5) is 12.7. The van der Waals surface area contributed by atoms with Crippen LogP contribution in [0, 0.1) is 0 Å². The molecule has 0 fully saturated rings. The molecule has 3 heterocycles.